The summed E-state index contributed by atoms with van der Waals surface area (Å²) < 4.78 is 45.8. The highest BCUT2D eigenvalue weighted by atomic mass is 19.3. The first-order valence-electron chi connectivity index (χ1n) is 9.45. The van der Waals surface area contributed by atoms with Crippen LogP contribution in [0, 0.1) is 0 Å². The van der Waals surface area contributed by atoms with Crippen molar-refractivity contribution in [1.82, 2.24) is 25.3 Å². The third-order valence-corrected chi connectivity index (χ3v) is 3.87. The molecule has 1 aromatic heterocycles. The topological polar surface area (TPSA) is 124 Å². The molecule has 0 aliphatic rings. The van der Waals surface area contributed by atoms with Gasteiger partial charge in [0.2, 0.25) is 0 Å². The van der Waals surface area contributed by atoms with Gasteiger partial charge in [-0.2, -0.15) is 8.78 Å². The summed E-state index contributed by atoms with van der Waals surface area (Å²) in [6, 6.07) is 5.99. The van der Waals surface area contributed by atoms with Crippen LogP contribution in [0.4, 0.5) is 13.2 Å². The van der Waals surface area contributed by atoms with Gasteiger partial charge in [-0.15, -0.1) is 5.10 Å². The van der Waals surface area contributed by atoms with Crippen LogP contribution < -0.4 is 21.6 Å². The molecule has 5 N–H and O–H groups in total. The molecule has 9 nitrogen and oxygen atoms in total. The van der Waals surface area contributed by atoms with Crippen molar-refractivity contribution in [2.75, 3.05) is 6.54 Å². The predicted molar refractivity (Wildman–Crippen MR) is 107 cm³/mol. The van der Waals surface area contributed by atoms with Crippen LogP contribution in [0.25, 0.3) is 0 Å². The average Bonchev–Trinajstić information content (AvgIpc) is 3.12. The molecule has 2 aromatic rings. The van der Waals surface area contributed by atoms with Crippen molar-refractivity contribution < 1.29 is 22.7 Å². The summed E-state index contributed by atoms with van der Waals surface area (Å²) in [6.45, 7) is 2.52. The van der Waals surface area contributed by atoms with Gasteiger partial charge in [0.1, 0.15) is 11.9 Å². The van der Waals surface area contributed by atoms with E-state index in [1.165, 1.54) is 34.2 Å². The van der Waals surface area contributed by atoms with Crippen LogP contribution in [-0.4, -0.2) is 44.7 Å². The van der Waals surface area contributed by atoms with Crippen molar-refractivity contribution in [2.24, 2.45) is 11.6 Å². The van der Waals surface area contributed by atoms with Crippen LogP contribution in [0.1, 0.15) is 36.3 Å². The second-order valence-corrected chi connectivity index (χ2v) is 7.06. The van der Waals surface area contributed by atoms with Crippen LogP contribution in [0.2, 0.25) is 0 Å². The summed E-state index contributed by atoms with van der Waals surface area (Å²) in [6.07, 6.45) is -1.60. The Labute approximate surface area is 177 Å². The first-order valence-corrected chi connectivity index (χ1v) is 9.45. The lowest BCUT2D eigenvalue weighted by atomic mass is 10.2. The van der Waals surface area contributed by atoms with E-state index in [-0.39, 0.29) is 37.5 Å². The van der Waals surface area contributed by atoms with Crippen molar-refractivity contribution in [3.8, 4) is 5.75 Å². The molecule has 0 bridgehead atoms. The van der Waals surface area contributed by atoms with Gasteiger partial charge in [-0.05, 0) is 24.6 Å². The van der Waals surface area contributed by atoms with Crippen LogP contribution in [-0.2, 0) is 13.1 Å². The van der Waals surface area contributed by atoms with Gasteiger partial charge in [-0.3, -0.25) is 9.48 Å². The number of alkyl halides is 3. The van der Waals surface area contributed by atoms with Crippen LogP contribution in [0.15, 0.2) is 42.4 Å². The number of nitrogens with zero attached hydrogens (tertiary/aromatic N) is 4. The Morgan fingerprint density at radius 2 is 2.19 bits per heavy atom. The highest BCUT2D eigenvalue weighted by Crippen LogP contribution is 2.21. The molecule has 0 aliphatic carbocycles. The second kappa shape index (κ2) is 10.7. The van der Waals surface area contributed by atoms with Crippen molar-refractivity contribution in [2.45, 2.75) is 45.6 Å². The zero-order chi connectivity index (χ0) is 23.0. The number of nitrogens with one attached hydrogen (secondary N) is 1. The number of ether oxygens (including phenoxy) is 1. The molecular weight excluding hydrogens is 415 g/mol. The number of hydrazine groups is 1. The lowest BCUT2D eigenvalue weighted by molar-refractivity contribution is -0.158. The minimum atomic E-state index is -3.30. The molecule has 1 atom stereocenters. The zero-order valence-corrected chi connectivity index (χ0v) is 17.3. The fourth-order valence-corrected chi connectivity index (χ4v) is 2.62. The SMILES string of the molecule is C/C(N)=C/N(N)CC(F)CCn1cc(C(=O)NCc2cccc(OC(C)(F)F)c2)nn1. The number of allylic oxidation sites excluding steroid dienone is 1. The van der Waals surface area contributed by atoms with E-state index in [4.69, 9.17) is 11.6 Å². The normalized spacial score (nSPS) is 13.0. The number of aromatic nitrogens is 3. The monoisotopic (exact) mass is 441 g/mol. The van der Waals surface area contributed by atoms with Gasteiger partial charge in [0.05, 0.1) is 12.7 Å². The van der Waals surface area contributed by atoms with E-state index in [0.717, 1.165) is 0 Å². The third-order valence-electron chi connectivity index (χ3n) is 3.87. The summed E-state index contributed by atoms with van der Waals surface area (Å²) in [5, 5.41) is 11.4. The molecule has 170 valence electrons. The molecule has 1 aromatic carbocycles. The molecule has 0 fully saturated rings. The minimum absolute atomic E-state index is 0.0147. The van der Waals surface area contributed by atoms with Gasteiger partial charge in [0, 0.05) is 38.3 Å². The summed E-state index contributed by atoms with van der Waals surface area (Å²) in [5.41, 5.74) is 6.55. The molecule has 2 rings (SSSR count). The zero-order valence-electron chi connectivity index (χ0n) is 17.3. The average molecular weight is 441 g/mol. The van der Waals surface area contributed by atoms with Gasteiger partial charge in [-0.1, -0.05) is 17.3 Å². The van der Waals surface area contributed by atoms with E-state index in [1.54, 1.807) is 19.1 Å². The minimum Gasteiger partial charge on any atom is -0.433 e. The summed E-state index contributed by atoms with van der Waals surface area (Å²) in [4.78, 5) is 12.2. The van der Waals surface area contributed by atoms with Gasteiger partial charge < -0.3 is 20.8 Å². The standard InChI is InChI=1S/C19H26F3N7O2/c1-13(23)10-28(24)11-15(20)6-7-29-12-17(26-27-29)18(30)25-9-14-4-3-5-16(8-14)31-19(2,21)22/h3-5,8,10,12,15H,6-7,9,11,23-24H2,1-2H3,(H,25,30)/b13-10-. The van der Waals surface area contributed by atoms with Crippen molar-refractivity contribution in [1.29, 1.82) is 0 Å². The highest BCUT2D eigenvalue weighted by molar-refractivity contribution is 5.91. The number of hydrogen-bond donors (Lipinski definition) is 3. The maximum absolute atomic E-state index is 14.0. The fourth-order valence-electron chi connectivity index (χ4n) is 2.62. The predicted octanol–water partition coefficient (Wildman–Crippen LogP) is 1.92. The van der Waals surface area contributed by atoms with E-state index in [0.29, 0.717) is 18.2 Å². The third kappa shape index (κ3) is 8.95. The van der Waals surface area contributed by atoms with Crippen LogP contribution in [0.5, 0.6) is 5.75 Å². The summed E-state index contributed by atoms with van der Waals surface area (Å²) >= 11 is 0. The molecule has 0 saturated carbocycles. The van der Waals surface area contributed by atoms with E-state index in [9.17, 15) is 18.0 Å². The van der Waals surface area contributed by atoms with E-state index in [1.807, 2.05) is 0 Å². The number of carbonyl (C=O) groups is 1. The first kappa shape index (κ1) is 24.0. The molecule has 0 saturated heterocycles. The Morgan fingerprint density at radius 3 is 2.87 bits per heavy atom. The van der Waals surface area contributed by atoms with Gasteiger partial charge in [0.15, 0.2) is 5.69 Å². The number of amides is 1. The molecule has 1 heterocycles. The molecule has 0 spiro atoms. The number of nitrogens with two attached hydrogens (primary N) is 2. The first-order chi connectivity index (χ1) is 14.5. The van der Waals surface area contributed by atoms with Crippen molar-refractivity contribution >= 4 is 5.91 Å². The molecule has 12 heteroatoms. The number of halogens is 3. The maximum Gasteiger partial charge on any atom is 0.394 e. The summed E-state index contributed by atoms with van der Waals surface area (Å²) in [5.74, 6) is 5.09. The Bertz CT molecular complexity index is 895. The fraction of sp³-hybridized carbons (Fsp3) is 0.421. The van der Waals surface area contributed by atoms with Crippen LogP contribution >= 0.6 is 0 Å². The maximum atomic E-state index is 14.0. The molecule has 1 unspecified atom stereocenters. The van der Waals surface area contributed by atoms with E-state index in [2.05, 4.69) is 20.4 Å². The number of aryl methyl sites for hydroxylation is 1. The van der Waals surface area contributed by atoms with Gasteiger partial charge in [0.25, 0.3) is 5.91 Å². The lowest BCUT2D eigenvalue weighted by Crippen LogP contribution is -2.33. The Hall–Kier alpha value is -3.28. The number of benzene rings is 1. The Kier molecular flexibility index (Phi) is 8.25. The van der Waals surface area contributed by atoms with E-state index < -0.39 is 18.2 Å². The Balaban J connectivity index is 1.83. The molecule has 0 aliphatic heterocycles. The van der Waals surface area contributed by atoms with Crippen molar-refractivity contribution in [3.05, 3.63) is 53.6 Å². The molecule has 0 radical (unpaired) electrons. The summed E-state index contributed by atoms with van der Waals surface area (Å²) in [7, 11) is 0. The smallest absolute Gasteiger partial charge is 0.394 e. The highest BCUT2D eigenvalue weighted by Gasteiger charge is 2.23. The van der Waals surface area contributed by atoms with E-state index >= 15 is 0 Å². The molecule has 31 heavy (non-hydrogen) atoms. The van der Waals surface area contributed by atoms with Crippen LogP contribution in [0.3, 0.4) is 0 Å². The molecular formula is C19H26F3N7O2. The largest absolute Gasteiger partial charge is 0.433 e. The second-order valence-electron chi connectivity index (χ2n) is 7.06. The number of hydrogen-bond acceptors (Lipinski definition) is 7. The van der Waals surface area contributed by atoms with Gasteiger partial charge >= 0.3 is 6.11 Å². The van der Waals surface area contributed by atoms with Crippen molar-refractivity contribution in [3.63, 3.8) is 0 Å². The quantitative estimate of drug-likeness (QED) is 0.359. The van der Waals surface area contributed by atoms with Gasteiger partial charge in [-0.25, -0.2) is 10.2 Å². The molecule has 1 amide bonds. The number of carbonyl (C=O) groups excluding carboxylic acids is 1. The lowest BCUT2D eigenvalue weighted by Gasteiger charge is -2.17. The Morgan fingerprint density at radius 1 is 1.45 bits per heavy atom. The number of rotatable bonds is 11.